The molecule has 4 nitrogen and oxygen atoms in total. The molecule has 0 spiro atoms. The van der Waals surface area contributed by atoms with E-state index in [1.165, 1.54) is 0 Å². The van der Waals surface area contributed by atoms with Crippen molar-refractivity contribution in [1.82, 2.24) is 10.2 Å². The fraction of sp³-hybridized carbons (Fsp3) is 0.917. The van der Waals surface area contributed by atoms with Crippen molar-refractivity contribution >= 4 is 5.91 Å². The van der Waals surface area contributed by atoms with Crippen molar-refractivity contribution in [2.24, 2.45) is 5.73 Å². The molecule has 0 aromatic carbocycles. The summed E-state index contributed by atoms with van der Waals surface area (Å²) in [6.45, 7) is 11.0. The lowest BCUT2D eigenvalue weighted by Gasteiger charge is -2.37. The maximum atomic E-state index is 11.7. The highest BCUT2D eigenvalue weighted by atomic mass is 16.2. The van der Waals surface area contributed by atoms with E-state index in [-0.39, 0.29) is 11.4 Å². The van der Waals surface area contributed by atoms with Gasteiger partial charge in [0.25, 0.3) is 0 Å². The minimum atomic E-state index is -0.112. The topological polar surface area (TPSA) is 58.4 Å². The zero-order valence-corrected chi connectivity index (χ0v) is 11.2. The van der Waals surface area contributed by atoms with E-state index in [9.17, 15) is 4.79 Å². The Balaban J connectivity index is 4.27. The second kappa shape index (κ2) is 7.63. The number of amides is 1. The molecule has 0 saturated heterocycles. The lowest BCUT2D eigenvalue weighted by molar-refractivity contribution is -0.123. The van der Waals surface area contributed by atoms with Crippen LogP contribution in [-0.2, 0) is 4.79 Å². The molecule has 0 unspecified atom stereocenters. The Morgan fingerprint density at radius 2 is 1.94 bits per heavy atom. The molecule has 4 heteroatoms. The molecule has 0 aliphatic heterocycles. The van der Waals surface area contributed by atoms with E-state index in [4.69, 9.17) is 5.73 Å². The maximum absolute atomic E-state index is 11.7. The zero-order valence-electron chi connectivity index (χ0n) is 11.2. The SMILES string of the molecule is CCCNC(=O)CN(CCC)C(C)(C)CN. The van der Waals surface area contributed by atoms with Gasteiger partial charge in [-0.15, -0.1) is 0 Å². The van der Waals surface area contributed by atoms with E-state index in [1.54, 1.807) is 0 Å². The first-order valence-electron chi connectivity index (χ1n) is 6.19. The molecule has 0 aliphatic rings. The van der Waals surface area contributed by atoms with E-state index in [2.05, 4.69) is 31.0 Å². The summed E-state index contributed by atoms with van der Waals surface area (Å²) in [5.41, 5.74) is 5.63. The molecule has 0 aliphatic carbocycles. The fourth-order valence-corrected chi connectivity index (χ4v) is 1.49. The molecule has 0 atom stereocenters. The minimum absolute atomic E-state index is 0.0943. The second-order valence-electron chi connectivity index (χ2n) is 4.79. The van der Waals surface area contributed by atoms with Gasteiger partial charge in [0.05, 0.1) is 6.54 Å². The monoisotopic (exact) mass is 229 g/mol. The summed E-state index contributed by atoms with van der Waals surface area (Å²) in [7, 11) is 0. The molecule has 96 valence electrons. The van der Waals surface area contributed by atoms with E-state index in [1.807, 2.05) is 6.92 Å². The van der Waals surface area contributed by atoms with E-state index in [0.29, 0.717) is 13.1 Å². The van der Waals surface area contributed by atoms with Crippen molar-refractivity contribution in [3.8, 4) is 0 Å². The number of carbonyl (C=O) groups is 1. The first-order chi connectivity index (χ1) is 7.47. The smallest absolute Gasteiger partial charge is 0.234 e. The van der Waals surface area contributed by atoms with Crippen LogP contribution < -0.4 is 11.1 Å². The van der Waals surface area contributed by atoms with Gasteiger partial charge in [0.15, 0.2) is 0 Å². The van der Waals surface area contributed by atoms with Crippen LogP contribution >= 0.6 is 0 Å². The van der Waals surface area contributed by atoms with Gasteiger partial charge in [-0.25, -0.2) is 0 Å². The largest absolute Gasteiger partial charge is 0.355 e. The van der Waals surface area contributed by atoms with Gasteiger partial charge >= 0.3 is 0 Å². The Labute approximate surface area is 99.6 Å². The molecule has 0 radical (unpaired) electrons. The van der Waals surface area contributed by atoms with Crippen LogP contribution in [0.25, 0.3) is 0 Å². The minimum Gasteiger partial charge on any atom is -0.355 e. The molecule has 16 heavy (non-hydrogen) atoms. The van der Waals surface area contributed by atoms with Crippen molar-refractivity contribution in [3.63, 3.8) is 0 Å². The van der Waals surface area contributed by atoms with Crippen LogP contribution in [0.3, 0.4) is 0 Å². The predicted octanol–water partition coefficient (Wildman–Crippen LogP) is 0.962. The van der Waals surface area contributed by atoms with Crippen molar-refractivity contribution in [3.05, 3.63) is 0 Å². The fourth-order valence-electron chi connectivity index (χ4n) is 1.49. The summed E-state index contributed by atoms with van der Waals surface area (Å²) >= 11 is 0. The molecule has 0 aromatic rings. The molecular formula is C12H27N3O. The maximum Gasteiger partial charge on any atom is 0.234 e. The first-order valence-corrected chi connectivity index (χ1v) is 6.19. The van der Waals surface area contributed by atoms with Gasteiger partial charge in [-0.3, -0.25) is 9.69 Å². The van der Waals surface area contributed by atoms with Crippen molar-refractivity contribution in [2.45, 2.75) is 46.1 Å². The van der Waals surface area contributed by atoms with Crippen LogP contribution in [0.4, 0.5) is 0 Å². The summed E-state index contributed by atoms with van der Waals surface area (Å²) in [5, 5.41) is 2.90. The molecular weight excluding hydrogens is 202 g/mol. The molecule has 0 saturated carbocycles. The Hall–Kier alpha value is -0.610. The van der Waals surface area contributed by atoms with E-state index >= 15 is 0 Å². The van der Waals surface area contributed by atoms with Gasteiger partial charge in [-0.05, 0) is 33.2 Å². The third-order valence-electron chi connectivity index (χ3n) is 2.76. The van der Waals surface area contributed by atoms with Crippen LogP contribution in [0.15, 0.2) is 0 Å². The summed E-state index contributed by atoms with van der Waals surface area (Å²) in [5.74, 6) is 0.0943. The van der Waals surface area contributed by atoms with Crippen LogP contribution in [0.2, 0.25) is 0 Å². The van der Waals surface area contributed by atoms with Crippen molar-refractivity contribution in [1.29, 1.82) is 0 Å². The number of carbonyl (C=O) groups excluding carboxylic acids is 1. The van der Waals surface area contributed by atoms with E-state index < -0.39 is 0 Å². The summed E-state index contributed by atoms with van der Waals surface area (Å²) in [4.78, 5) is 13.8. The summed E-state index contributed by atoms with van der Waals surface area (Å²) in [6, 6.07) is 0. The standard InChI is InChI=1S/C12H27N3O/c1-5-7-14-11(16)9-15(8-6-2)12(3,4)10-13/h5-10,13H2,1-4H3,(H,14,16). The number of nitrogens with zero attached hydrogens (tertiary/aromatic N) is 1. The summed E-state index contributed by atoms with van der Waals surface area (Å²) in [6.07, 6.45) is 2.00. The van der Waals surface area contributed by atoms with Crippen LogP contribution in [-0.4, -0.2) is 42.5 Å². The molecule has 0 rings (SSSR count). The molecule has 0 fully saturated rings. The Morgan fingerprint density at radius 1 is 1.31 bits per heavy atom. The van der Waals surface area contributed by atoms with Crippen LogP contribution in [0.5, 0.6) is 0 Å². The highest BCUT2D eigenvalue weighted by Gasteiger charge is 2.25. The molecule has 3 N–H and O–H groups in total. The molecule has 0 heterocycles. The molecule has 1 amide bonds. The first kappa shape index (κ1) is 15.4. The number of nitrogens with one attached hydrogen (secondary N) is 1. The third-order valence-corrected chi connectivity index (χ3v) is 2.76. The van der Waals surface area contributed by atoms with E-state index in [0.717, 1.165) is 25.9 Å². The van der Waals surface area contributed by atoms with Crippen LogP contribution in [0.1, 0.15) is 40.5 Å². The lowest BCUT2D eigenvalue weighted by Crippen LogP contribution is -2.53. The van der Waals surface area contributed by atoms with Crippen molar-refractivity contribution in [2.75, 3.05) is 26.2 Å². The van der Waals surface area contributed by atoms with Gasteiger partial charge in [-0.2, -0.15) is 0 Å². The average Bonchev–Trinajstić information content (AvgIpc) is 2.25. The Morgan fingerprint density at radius 3 is 2.38 bits per heavy atom. The number of hydrogen-bond acceptors (Lipinski definition) is 3. The number of hydrogen-bond donors (Lipinski definition) is 2. The predicted molar refractivity (Wildman–Crippen MR) is 68.3 cm³/mol. The van der Waals surface area contributed by atoms with Gasteiger partial charge in [0, 0.05) is 18.6 Å². The highest BCUT2D eigenvalue weighted by Crippen LogP contribution is 2.12. The zero-order chi connectivity index (χ0) is 12.6. The lowest BCUT2D eigenvalue weighted by atomic mass is 10.0. The van der Waals surface area contributed by atoms with Crippen LogP contribution in [0, 0.1) is 0 Å². The molecule has 0 bridgehead atoms. The molecule has 0 aromatic heterocycles. The Bertz CT molecular complexity index is 204. The highest BCUT2D eigenvalue weighted by molar-refractivity contribution is 5.78. The normalized spacial score (nSPS) is 11.9. The number of rotatable bonds is 8. The second-order valence-corrected chi connectivity index (χ2v) is 4.79. The van der Waals surface area contributed by atoms with Gasteiger partial charge in [0.2, 0.25) is 5.91 Å². The summed E-state index contributed by atoms with van der Waals surface area (Å²) < 4.78 is 0. The quantitative estimate of drug-likeness (QED) is 0.652. The average molecular weight is 229 g/mol. The van der Waals surface area contributed by atoms with Crippen molar-refractivity contribution < 1.29 is 4.79 Å². The third kappa shape index (κ3) is 5.47. The Kier molecular flexibility index (Phi) is 7.34. The van der Waals surface area contributed by atoms with Gasteiger partial charge in [-0.1, -0.05) is 13.8 Å². The van der Waals surface area contributed by atoms with Gasteiger partial charge in [0.1, 0.15) is 0 Å². The number of nitrogens with two attached hydrogens (primary N) is 1. The van der Waals surface area contributed by atoms with Gasteiger partial charge < -0.3 is 11.1 Å².